The van der Waals surface area contributed by atoms with Crippen LogP contribution in [0.1, 0.15) is 40.0 Å². The van der Waals surface area contributed by atoms with E-state index < -0.39 is 0 Å². The molecule has 0 aromatic heterocycles. The minimum Gasteiger partial charge on any atom is -0.319 e. The van der Waals surface area contributed by atoms with Crippen molar-refractivity contribution in [1.82, 2.24) is 5.32 Å². The van der Waals surface area contributed by atoms with E-state index in [0.717, 1.165) is 13.0 Å². The van der Waals surface area contributed by atoms with Crippen molar-refractivity contribution in [3.05, 3.63) is 34.4 Å². The number of hydrogen-bond acceptors (Lipinski definition) is 1. The third kappa shape index (κ3) is 3.35. The number of rotatable bonds is 4. The van der Waals surface area contributed by atoms with Crippen LogP contribution >= 0.6 is 0 Å². The second kappa shape index (κ2) is 5.92. The van der Waals surface area contributed by atoms with Crippen molar-refractivity contribution >= 4 is 0 Å². The average Bonchev–Trinajstić information content (AvgIpc) is 2.24. The Morgan fingerprint density at radius 2 is 2.13 bits per heavy atom. The molecular weight excluding hydrogens is 182 g/mol. The highest BCUT2D eigenvalue weighted by Gasteiger charge is 2.10. The second-order valence-electron chi connectivity index (χ2n) is 4.35. The molecule has 0 atom stereocenters. The molecule has 0 aromatic carbocycles. The Kier molecular flexibility index (Phi) is 4.83. The van der Waals surface area contributed by atoms with E-state index in [0.29, 0.717) is 0 Å². The molecule has 0 radical (unpaired) electrons. The fourth-order valence-electron chi connectivity index (χ4n) is 2.02. The molecule has 1 aliphatic carbocycles. The van der Waals surface area contributed by atoms with Gasteiger partial charge in [0.25, 0.3) is 0 Å². The highest BCUT2D eigenvalue weighted by Crippen LogP contribution is 2.29. The van der Waals surface area contributed by atoms with Gasteiger partial charge in [0.2, 0.25) is 0 Å². The summed E-state index contributed by atoms with van der Waals surface area (Å²) in [5.74, 6) is 0. The second-order valence-corrected chi connectivity index (χ2v) is 4.35. The van der Waals surface area contributed by atoms with E-state index in [1.54, 1.807) is 5.57 Å². The Morgan fingerprint density at radius 3 is 2.73 bits per heavy atom. The van der Waals surface area contributed by atoms with Crippen LogP contribution in [0, 0.1) is 0 Å². The highest BCUT2D eigenvalue weighted by atomic mass is 14.8. The summed E-state index contributed by atoms with van der Waals surface area (Å²) in [4.78, 5) is 0. The van der Waals surface area contributed by atoms with Crippen molar-refractivity contribution in [3.8, 4) is 0 Å². The summed E-state index contributed by atoms with van der Waals surface area (Å²) in [6.07, 6.45) is 8.21. The van der Waals surface area contributed by atoms with Crippen molar-refractivity contribution < 1.29 is 0 Å². The fourth-order valence-corrected chi connectivity index (χ4v) is 2.02. The molecule has 0 aromatic rings. The van der Waals surface area contributed by atoms with E-state index in [2.05, 4.69) is 38.2 Å². The van der Waals surface area contributed by atoms with Crippen molar-refractivity contribution in [2.45, 2.75) is 40.0 Å². The van der Waals surface area contributed by atoms with Gasteiger partial charge in [0.05, 0.1) is 0 Å². The predicted molar refractivity (Wildman–Crippen MR) is 68.0 cm³/mol. The molecule has 0 aliphatic heterocycles. The minimum atomic E-state index is 1.06. The maximum Gasteiger partial charge on any atom is -0.00113 e. The van der Waals surface area contributed by atoms with Crippen LogP contribution in [0.25, 0.3) is 0 Å². The minimum absolute atomic E-state index is 1.06. The molecule has 1 nitrogen and oxygen atoms in total. The first-order valence-electron chi connectivity index (χ1n) is 5.86. The lowest BCUT2D eigenvalue weighted by Crippen LogP contribution is -2.10. The van der Waals surface area contributed by atoms with E-state index in [-0.39, 0.29) is 0 Å². The van der Waals surface area contributed by atoms with Gasteiger partial charge in [0.1, 0.15) is 0 Å². The number of allylic oxidation sites excluding steroid dienone is 5. The first-order valence-corrected chi connectivity index (χ1v) is 5.86. The van der Waals surface area contributed by atoms with Gasteiger partial charge in [0.15, 0.2) is 0 Å². The normalized spacial score (nSPS) is 18.1. The Labute approximate surface area is 94.0 Å². The zero-order chi connectivity index (χ0) is 11.3. The summed E-state index contributed by atoms with van der Waals surface area (Å²) in [6, 6.07) is 0. The lowest BCUT2D eigenvalue weighted by Gasteiger charge is -2.18. The lowest BCUT2D eigenvalue weighted by atomic mass is 9.88. The van der Waals surface area contributed by atoms with Crippen molar-refractivity contribution in [3.63, 3.8) is 0 Å². The van der Waals surface area contributed by atoms with Crippen LogP contribution in [-0.2, 0) is 0 Å². The van der Waals surface area contributed by atoms with Crippen LogP contribution in [0.3, 0.4) is 0 Å². The highest BCUT2D eigenvalue weighted by molar-refractivity contribution is 5.46. The lowest BCUT2D eigenvalue weighted by molar-refractivity contribution is 0.783. The van der Waals surface area contributed by atoms with Crippen LogP contribution in [0.15, 0.2) is 34.4 Å². The van der Waals surface area contributed by atoms with Crippen LogP contribution in [0.2, 0.25) is 0 Å². The SMILES string of the molecule is C/C=C(/CCNC)C1=C(C)CCC(C)=C1. The Balaban J connectivity index is 2.84. The van der Waals surface area contributed by atoms with Gasteiger partial charge in [-0.25, -0.2) is 0 Å². The average molecular weight is 205 g/mol. The third-order valence-corrected chi connectivity index (χ3v) is 3.08. The van der Waals surface area contributed by atoms with Gasteiger partial charge in [-0.1, -0.05) is 23.3 Å². The molecule has 0 saturated heterocycles. The number of nitrogens with one attached hydrogen (secondary N) is 1. The van der Waals surface area contributed by atoms with Gasteiger partial charge in [-0.15, -0.1) is 0 Å². The van der Waals surface area contributed by atoms with Crippen LogP contribution in [0.4, 0.5) is 0 Å². The zero-order valence-electron chi connectivity index (χ0n) is 10.5. The molecule has 0 bridgehead atoms. The van der Waals surface area contributed by atoms with E-state index in [1.807, 2.05) is 7.05 Å². The van der Waals surface area contributed by atoms with Gasteiger partial charge in [-0.05, 0) is 64.8 Å². The number of hydrogen-bond donors (Lipinski definition) is 1. The zero-order valence-corrected chi connectivity index (χ0v) is 10.5. The quantitative estimate of drug-likeness (QED) is 0.739. The molecule has 0 heterocycles. The van der Waals surface area contributed by atoms with Gasteiger partial charge in [0, 0.05) is 0 Å². The predicted octanol–water partition coefficient (Wildman–Crippen LogP) is 3.60. The molecular formula is C14H23N. The largest absolute Gasteiger partial charge is 0.319 e. The van der Waals surface area contributed by atoms with Crippen LogP contribution in [0.5, 0.6) is 0 Å². The standard InChI is InChI=1S/C14H23N/c1-5-13(8-9-15-4)14-10-11(2)6-7-12(14)3/h5,10,15H,6-9H2,1-4H3/b13-5-. The Hall–Kier alpha value is -0.820. The third-order valence-electron chi connectivity index (χ3n) is 3.08. The molecule has 0 unspecified atom stereocenters. The van der Waals surface area contributed by atoms with Crippen LogP contribution in [-0.4, -0.2) is 13.6 Å². The molecule has 1 N–H and O–H groups in total. The summed E-state index contributed by atoms with van der Waals surface area (Å²) in [7, 11) is 2.01. The fraction of sp³-hybridized carbons (Fsp3) is 0.571. The molecule has 84 valence electrons. The maximum atomic E-state index is 3.21. The van der Waals surface area contributed by atoms with Crippen molar-refractivity contribution in [1.29, 1.82) is 0 Å². The molecule has 0 amide bonds. The van der Waals surface area contributed by atoms with E-state index >= 15 is 0 Å². The van der Waals surface area contributed by atoms with Crippen LogP contribution < -0.4 is 5.32 Å². The van der Waals surface area contributed by atoms with E-state index in [1.165, 1.54) is 29.6 Å². The first kappa shape index (κ1) is 12.3. The topological polar surface area (TPSA) is 12.0 Å². The van der Waals surface area contributed by atoms with Gasteiger partial charge in [-0.2, -0.15) is 0 Å². The maximum absolute atomic E-state index is 3.21. The summed E-state index contributed by atoms with van der Waals surface area (Å²) >= 11 is 0. The molecule has 1 heteroatoms. The summed E-state index contributed by atoms with van der Waals surface area (Å²) in [5.41, 5.74) is 6.03. The Bertz CT molecular complexity index is 305. The van der Waals surface area contributed by atoms with Gasteiger partial charge in [-0.3, -0.25) is 0 Å². The van der Waals surface area contributed by atoms with Gasteiger partial charge < -0.3 is 5.32 Å². The van der Waals surface area contributed by atoms with Crippen molar-refractivity contribution in [2.75, 3.05) is 13.6 Å². The molecule has 1 aliphatic rings. The summed E-state index contributed by atoms with van der Waals surface area (Å²) < 4.78 is 0. The monoisotopic (exact) mass is 205 g/mol. The Morgan fingerprint density at radius 1 is 1.40 bits per heavy atom. The first-order chi connectivity index (χ1) is 7.19. The van der Waals surface area contributed by atoms with Gasteiger partial charge >= 0.3 is 0 Å². The smallest absolute Gasteiger partial charge is 0.00113 e. The molecule has 0 fully saturated rings. The van der Waals surface area contributed by atoms with E-state index in [4.69, 9.17) is 0 Å². The molecule has 1 rings (SSSR count). The summed E-state index contributed by atoms with van der Waals surface area (Å²) in [5, 5.41) is 3.21. The molecule has 0 spiro atoms. The van der Waals surface area contributed by atoms with E-state index in [9.17, 15) is 0 Å². The molecule has 15 heavy (non-hydrogen) atoms. The molecule has 0 saturated carbocycles. The summed E-state index contributed by atoms with van der Waals surface area (Å²) in [6.45, 7) is 7.70. The van der Waals surface area contributed by atoms with Crippen molar-refractivity contribution in [2.24, 2.45) is 0 Å².